The summed E-state index contributed by atoms with van der Waals surface area (Å²) >= 11 is 0. The molecule has 2 aromatic rings. The molecule has 2 aromatic heterocycles. The Morgan fingerprint density at radius 3 is 2.82 bits per heavy atom. The highest BCUT2D eigenvalue weighted by Crippen LogP contribution is 2.14. The maximum Gasteiger partial charge on any atom is 0.247 e. The van der Waals surface area contributed by atoms with Crippen molar-refractivity contribution in [1.29, 1.82) is 0 Å². The van der Waals surface area contributed by atoms with Crippen LogP contribution < -0.4 is 10.6 Å². The number of rotatable bonds is 7. The first-order chi connectivity index (χ1) is 10.5. The molecule has 0 saturated heterocycles. The van der Waals surface area contributed by atoms with Gasteiger partial charge in [-0.2, -0.15) is 10.2 Å². The van der Waals surface area contributed by atoms with E-state index in [-0.39, 0.29) is 5.91 Å². The van der Waals surface area contributed by atoms with Crippen molar-refractivity contribution < 1.29 is 4.79 Å². The zero-order chi connectivity index (χ0) is 16.1. The average Bonchev–Trinajstić information content (AvgIpc) is 3.07. The lowest BCUT2D eigenvalue weighted by molar-refractivity contribution is -0.118. The van der Waals surface area contributed by atoms with E-state index in [1.165, 1.54) is 0 Å². The van der Waals surface area contributed by atoms with Gasteiger partial charge < -0.3 is 15.5 Å². The van der Waals surface area contributed by atoms with Crippen molar-refractivity contribution in [1.82, 2.24) is 29.8 Å². The molecule has 0 aliphatic heterocycles. The Labute approximate surface area is 130 Å². The maximum absolute atomic E-state index is 12.4. The number of hydrogen-bond donors (Lipinski definition) is 2. The highest BCUT2D eigenvalue weighted by molar-refractivity contribution is 5.94. The molecule has 0 bridgehead atoms. The van der Waals surface area contributed by atoms with Gasteiger partial charge in [-0.3, -0.25) is 14.2 Å². The average molecular weight is 305 g/mol. The minimum absolute atomic E-state index is 0.159. The SMILES string of the molecule is CNC(C(=O)Nc1ccn(CCN(C)C)n1)c1cnn(C)c1. The third-order valence-corrected chi connectivity index (χ3v) is 3.28. The Hall–Kier alpha value is -2.19. The van der Waals surface area contributed by atoms with Crippen LogP contribution in [0.15, 0.2) is 24.7 Å². The Morgan fingerprint density at radius 2 is 2.23 bits per heavy atom. The van der Waals surface area contributed by atoms with E-state index >= 15 is 0 Å². The number of anilines is 1. The van der Waals surface area contributed by atoms with Crippen LogP contribution >= 0.6 is 0 Å². The Morgan fingerprint density at radius 1 is 1.45 bits per heavy atom. The molecule has 0 spiro atoms. The fraction of sp³-hybridized carbons (Fsp3) is 0.500. The van der Waals surface area contributed by atoms with Gasteiger partial charge in [0.25, 0.3) is 0 Å². The van der Waals surface area contributed by atoms with Crippen LogP contribution in [0.4, 0.5) is 5.82 Å². The number of aryl methyl sites for hydroxylation is 1. The molecule has 0 saturated carbocycles. The Bertz CT molecular complexity index is 616. The number of likely N-dealkylation sites (N-methyl/N-ethyl adjacent to an activating group) is 2. The standard InChI is InChI=1S/C14H23N7O/c1-15-13(11-9-16-20(4)10-11)14(22)17-12-5-6-21(18-12)8-7-19(2)3/h5-6,9-10,13,15H,7-8H2,1-4H3,(H,17,18,22). The van der Waals surface area contributed by atoms with E-state index in [0.29, 0.717) is 5.82 Å². The third-order valence-electron chi connectivity index (χ3n) is 3.28. The quantitative estimate of drug-likeness (QED) is 0.757. The predicted octanol–water partition coefficient (Wildman–Crippen LogP) is 0.0774. The lowest BCUT2D eigenvalue weighted by atomic mass is 10.1. The minimum Gasteiger partial charge on any atom is -0.308 e. The summed E-state index contributed by atoms with van der Waals surface area (Å²) in [4.78, 5) is 14.4. The summed E-state index contributed by atoms with van der Waals surface area (Å²) in [6.45, 7) is 1.67. The first kappa shape index (κ1) is 16.2. The van der Waals surface area contributed by atoms with Gasteiger partial charge in [0.1, 0.15) is 6.04 Å². The molecule has 1 atom stereocenters. The second-order valence-electron chi connectivity index (χ2n) is 5.43. The van der Waals surface area contributed by atoms with Crippen LogP contribution in [-0.4, -0.2) is 58.1 Å². The van der Waals surface area contributed by atoms with Gasteiger partial charge in [-0.1, -0.05) is 0 Å². The Kier molecular flexibility index (Phi) is 5.29. The molecule has 8 nitrogen and oxygen atoms in total. The second-order valence-corrected chi connectivity index (χ2v) is 5.43. The summed E-state index contributed by atoms with van der Waals surface area (Å²) in [6, 6.07) is 1.34. The van der Waals surface area contributed by atoms with Crippen molar-refractivity contribution in [3.63, 3.8) is 0 Å². The molecule has 8 heteroatoms. The third kappa shape index (κ3) is 4.15. The number of carbonyl (C=O) groups is 1. The monoisotopic (exact) mass is 305 g/mol. The fourth-order valence-corrected chi connectivity index (χ4v) is 2.09. The number of nitrogens with one attached hydrogen (secondary N) is 2. The number of carbonyl (C=O) groups excluding carboxylic acids is 1. The van der Waals surface area contributed by atoms with E-state index in [2.05, 4.69) is 25.7 Å². The van der Waals surface area contributed by atoms with Gasteiger partial charge in [0.2, 0.25) is 5.91 Å². The van der Waals surface area contributed by atoms with Crippen LogP contribution in [0.1, 0.15) is 11.6 Å². The van der Waals surface area contributed by atoms with Crippen molar-refractivity contribution in [2.75, 3.05) is 33.0 Å². The van der Waals surface area contributed by atoms with Crippen LogP contribution in [0, 0.1) is 0 Å². The second kappa shape index (κ2) is 7.19. The highest BCUT2D eigenvalue weighted by Gasteiger charge is 2.20. The molecule has 120 valence electrons. The van der Waals surface area contributed by atoms with E-state index in [1.807, 2.05) is 38.2 Å². The first-order valence-electron chi connectivity index (χ1n) is 7.14. The maximum atomic E-state index is 12.4. The van der Waals surface area contributed by atoms with Gasteiger partial charge >= 0.3 is 0 Å². The van der Waals surface area contributed by atoms with E-state index < -0.39 is 6.04 Å². The largest absolute Gasteiger partial charge is 0.308 e. The molecule has 2 heterocycles. The van der Waals surface area contributed by atoms with Crippen molar-refractivity contribution in [2.45, 2.75) is 12.6 Å². The Balaban J connectivity index is 1.98. The minimum atomic E-state index is -0.458. The summed E-state index contributed by atoms with van der Waals surface area (Å²) in [5, 5.41) is 14.3. The van der Waals surface area contributed by atoms with Crippen LogP contribution in [0.5, 0.6) is 0 Å². The van der Waals surface area contributed by atoms with E-state index in [0.717, 1.165) is 18.7 Å². The molecule has 0 aliphatic rings. The van der Waals surface area contributed by atoms with Crippen LogP contribution in [0.2, 0.25) is 0 Å². The molecule has 0 fully saturated rings. The van der Waals surface area contributed by atoms with E-state index in [9.17, 15) is 4.79 Å². The lowest BCUT2D eigenvalue weighted by Crippen LogP contribution is -2.30. The molecule has 2 rings (SSSR count). The van der Waals surface area contributed by atoms with Gasteiger partial charge in [-0.15, -0.1) is 0 Å². The van der Waals surface area contributed by atoms with E-state index in [4.69, 9.17) is 0 Å². The summed E-state index contributed by atoms with van der Waals surface area (Å²) in [7, 11) is 7.59. The molecule has 22 heavy (non-hydrogen) atoms. The molecular formula is C14H23N7O. The van der Waals surface area contributed by atoms with Crippen molar-refractivity contribution >= 4 is 11.7 Å². The normalized spacial score (nSPS) is 12.6. The van der Waals surface area contributed by atoms with Crippen LogP contribution in [0.3, 0.4) is 0 Å². The molecule has 2 N–H and O–H groups in total. The molecule has 0 aliphatic carbocycles. The predicted molar refractivity (Wildman–Crippen MR) is 84.4 cm³/mol. The molecule has 0 aromatic carbocycles. The fourth-order valence-electron chi connectivity index (χ4n) is 2.09. The van der Waals surface area contributed by atoms with Gasteiger partial charge in [0, 0.05) is 37.6 Å². The smallest absolute Gasteiger partial charge is 0.247 e. The molecular weight excluding hydrogens is 282 g/mol. The summed E-state index contributed by atoms with van der Waals surface area (Å²) in [5.41, 5.74) is 0.814. The van der Waals surface area contributed by atoms with Crippen LogP contribution in [0.25, 0.3) is 0 Å². The molecule has 1 amide bonds. The lowest BCUT2D eigenvalue weighted by Gasteiger charge is -2.13. The van der Waals surface area contributed by atoms with Gasteiger partial charge in [0.05, 0.1) is 12.7 Å². The summed E-state index contributed by atoms with van der Waals surface area (Å²) in [6.07, 6.45) is 5.35. The van der Waals surface area contributed by atoms with Crippen molar-refractivity contribution in [3.8, 4) is 0 Å². The van der Waals surface area contributed by atoms with E-state index in [1.54, 1.807) is 24.0 Å². The number of aromatic nitrogens is 4. The number of amides is 1. The van der Waals surface area contributed by atoms with Gasteiger partial charge in [0.15, 0.2) is 5.82 Å². The molecule has 0 radical (unpaired) electrons. The van der Waals surface area contributed by atoms with Gasteiger partial charge in [-0.05, 0) is 21.1 Å². The summed E-state index contributed by atoms with van der Waals surface area (Å²) in [5.74, 6) is 0.390. The number of hydrogen-bond acceptors (Lipinski definition) is 5. The van der Waals surface area contributed by atoms with Crippen molar-refractivity contribution in [3.05, 3.63) is 30.2 Å². The van der Waals surface area contributed by atoms with Crippen LogP contribution in [-0.2, 0) is 18.4 Å². The highest BCUT2D eigenvalue weighted by atomic mass is 16.2. The topological polar surface area (TPSA) is 80.0 Å². The summed E-state index contributed by atoms with van der Waals surface area (Å²) < 4.78 is 3.48. The first-order valence-corrected chi connectivity index (χ1v) is 7.14. The number of nitrogens with zero attached hydrogens (tertiary/aromatic N) is 5. The molecule has 1 unspecified atom stereocenters. The van der Waals surface area contributed by atoms with Crippen molar-refractivity contribution in [2.24, 2.45) is 7.05 Å². The zero-order valence-electron chi connectivity index (χ0n) is 13.4. The van der Waals surface area contributed by atoms with Gasteiger partial charge in [-0.25, -0.2) is 0 Å². The zero-order valence-corrected chi connectivity index (χ0v) is 13.4.